The summed E-state index contributed by atoms with van der Waals surface area (Å²) in [6.07, 6.45) is 1.43. The topological polar surface area (TPSA) is 89.8 Å². The van der Waals surface area contributed by atoms with Crippen LogP contribution in [0.3, 0.4) is 0 Å². The summed E-state index contributed by atoms with van der Waals surface area (Å²) in [5.74, 6) is 0.822. The minimum absolute atomic E-state index is 0.139. The van der Waals surface area contributed by atoms with Crippen molar-refractivity contribution in [2.75, 3.05) is 25.1 Å². The first-order valence-electron chi connectivity index (χ1n) is 9.14. The number of rotatable bonds is 9. The Morgan fingerprint density at radius 1 is 0.966 bits per heavy atom. The third-order valence-corrected chi connectivity index (χ3v) is 3.89. The molecule has 0 aliphatic heterocycles. The molecule has 0 radical (unpaired) electrons. The van der Waals surface area contributed by atoms with Gasteiger partial charge >= 0.3 is 0 Å². The van der Waals surface area contributed by atoms with Gasteiger partial charge in [0.15, 0.2) is 12.4 Å². The molecule has 0 spiro atoms. The Hall–Kier alpha value is -3.74. The first kappa shape index (κ1) is 20.0. The van der Waals surface area contributed by atoms with Crippen molar-refractivity contribution < 1.29 is 23.5 Å². The molecule has 7 nitrogen and oxygen atoms in total. The number of hydrogen-bond acceptors (Lipinski definition) is 5. The maximum absolute atomic E-state index is 12.0. The number of amides is 2. The number of furan rings is 1. The lowest BCUT2D eigenvalue weighted by molar-refractivity contribution is -0.123. The van der Waals surface area contributed by atoms with Gasteiger partial charge in [0.05, 0.1) is 12.8 Å². The third-order valence-electron chi connectivity index (χ3n) is 3.89. The number of ether oxygens (including phenoxy) is 2. The molecule has 150 valence electrons. The number of hydrogen-bond donors (Lipinski definition) is 2. The Balaban J connectivity index is 1.39. The monoisotopic (exact) mass is 394 g/mol. The van der Waals surface area contributed by atoms with Crippen molar-refractivity contribution >= 4 is 17.5 Å². The lowest BCUT2D eigenvalue weighted by atomic mass is 10.2. The fraction of sp³-hybridized carbons (Fsp3) is 0.182. The molecule has 3 aromatic rings. The molecule has 0 bridgehead atoms. The van der Waals surface area contributed by atoms with E-state index in [0.29, 0.717) is 24.6 Å². The zero-order valence-electron chi connectivity index (χ0n) is 16.0. The van der Waals surface area contributed by atoms with Gasteiger partial charge in [-0.2, -0.15) is 0 Å². The predicted molar refractivity (Wildman–Crippen MR) is 108 cm³/mol. The molecule has 0 atom stereocenters. The summed E-state index contributed by atoms with van der Waals surface area (Å²) in [7, 11) is 0. The summed E-state index contributed by atoms with van der Waals surface area (Å²) in [6, 6.07) is 17.7. The van der Waals surface area contributed by atoms with Crippen LogP contribution in [-0.4, -0.2) is 31.6 Å². The van der Waals surface area contributed by atoms with Crippen LogP contribution < -0.4 is 20.1 Å². The van der Waals surface area contributed by atoms with Gasteiger partial charge in [0.25, 0.3) is 11.8 Å². The number of carbonyl (C=O) groups is 2. The van der Waals surface area contributed by atoms with Gasteiger partial charge in [-0.1, -0.05) is 18.2 Å². The summed E-state index contributed by atoms with van der Waals surface area (Å²) in [5.41, 5.74) is 1.65. The molecular formula is C22H22N2O5. The Labute approximate surface area is 168 Å². The highest BCUT2D eigenvalue weighted by molar-refractivity contribution is 6.02. The Kier molecular flexibility index (Phi) is 6.89. The molecule has 0 fully saturated rings. The summed E-state index contributed by atoms with van der Waals surface area (Å²) in [5, 5.41) is 5.44. The van der Waals surface area contributed by atoms with Gasteiger partial charge in [0, 0.05) is 11.8 Å². The normalized spacial score (nSPS) is 10.2. The zero-order chi connectivity index (χ0) is 20.5. The average Bonchev–Trinajstić information content (AvgIpc) is 3.25. The van der Waals surface area contributed by atoms with Gasteiger partial charge in [0.2, 0.25) is 0 Å². The first-order valence-corrected chi connectivity index (χ1v) is 9.14. The second kappa shape index (κ2) is 9.98. The highest BCUT2D eigenvalue weighted by Gasteiger charge is 2.09. The number of aryl methyl sites for hydroxylation is 1. The Morgan fingerprint density at radius 3 is 2.52 bits per heavy atom. The van der Waals surface area contributed by atoms with Gasteiger partial charge in [-0.3, -0.25) is 9.59 Å². The lowest BCUT2D eigenvalue weighted by Crippen LogP contribution is -2.32. The van der Waals surface area contributed by atoms with E-state index < -0.39 is 0 Å². The van der Waals surface area contributed by atoms with Crippen molar-refractivity contribution in [2.45, 2.75) is 6.92 Å². The molecule has 0 saturated heterocycles. The highest BCUT2D eigenvalue weighted by Crippen LogP contribution is 2.18. The second-order valence-electron chi connectivity index (χ2n) is 6.26. The quantitative estimate of drug-likeness (QED) is 0.543. The largest absolute Gasteiger partial charge is 0.492 e. The predicted octanol–water partition coefficient (Wildman–Crippen LogP) is 3.41. The standard InChI is InChI=1S/C22H22N2O5/c1-16-5-2-7-18(13-16)27-12-10-23-21(25)15-29-19-8-3-6-17(14-19)24-22(26)20-9-4-11-28-20/h2-9,11,13-14H,10,12,15H2,1H3,(H,23,25)(H,24,26). The van der Waals surface area contributed by atoms with E-state index >= 15 is 0 Å². The molecule has 7 heteroatoms. The van der Waals surface area contributed by atoms with E-state index in [1.807, 2.05) is 31.2 Å². The van der Waals surface area contributed by atoms with Crippen molar-refractivity contribution in [1.29, 1.82) is 0 Å². The van der Waals surface area contributed by atoms with Crippen LogP contribution in [0.5, 0.6) is 11.5 Å². The van der Waals surface area contributed by atoms with Crippen molar-refractivity contribution in [3.8, 4) is 11.5 Å². The summed E-state index contributed by atoms with van der Waals surface area (Å²) < 4.78 is 16.1. The van der Waals surface area contributed by atoms with Crippen molar-refractivity contribution in [2.24, 2.45) is 0 Å². The van der Waals surface area contributed by atoms with Gasteiger partial charge < -0.3 is 24.5 Å². The molecule has 2 amide bonds. The van der Waals surface area contributed by atoms with E-state index in [1.165, 1.54) is 6.26 Å². The molecule has 29 heavy (non-hydrogen) atoms. The maximum atomic E-state index is 12.0. The fourth-order valence-electron chi connectivity index (χ4n) is 2.53. The summed E-state index contributed by atoms with van der Waals surface area (Å²) in [6.45, 7) is 2.59. The van der Waals surface area contributed by atoms with Gasteiger partial charge in [-0.25, -0.2) is 0 Å². The number of nitrogens with one attached hydrogen (secondary N) is 2. The van der Waals surface area contributed by atoms with E-state index in [2.05, 4.69) is 10.6 Å². The van der Waals surface area contributed by atoms with Crippen molar-refractivity contribution in [1.82, 2.24) is 5.32 Å². The molecule has 0 saturated carbocycles. The SMILES string of the molecule is Cc1cccc(OCCNC(=O)COc2cccc(NC(=O)c3ccco3)c2)c1. The molecule has 1 heterocycles. The molecular weight excluding hydrogens is 372 g/mol. The van der Waals surface area contributed by atoms with Crippen LogP contribution in [0.4, 0.5) is 5.69 Å². The van der Waals surface area contributed by atoms with Gasteiger partial charge in [0.1, 0.15) is 18.1 Å². The highest BCUT2D eigenvalue weighted by atomic mass is 16.5. The minimum Gasteiger partial charge on any atom is -0.492 e. The smallest absolute Gasteiger partial charge is 0.291 e. The van der Waals surface area contributed by atoms with Crippen LogP contribution in [0.25, 0.3) is 0 Å². The Morgan fingerprint density at radius 2 is 1.76 bits per heavy atom. The molecule has 0 unspecified atom stereocenters. The van der Waals surface area contributed by atoms with Crippen LogP contribution in [-0.2, 0) is 4.79 Å². The minimum atomic E-state index is -0.362. The van der Waals surface area contributed by atoms with Crippen LogP contribution in [0.15, 0.2) is 71.3 Å². The van der Waals surface area contributed by atoms with E-state index in [-0.39, 0.29) is 24.2 Å². The van der Waals surface area contributed by atoms with Crippen LogP contribution >= 0.6 is 0 Å². The molecule has 0 aliphatic rings. The van der Waals surface area contributed by atoms with E-state index in [1.54, 1.807) is 36.4 Å². The first-order chi connectivity index (χ1) is 14.1. The maximum Gasteiger partial charge on any atom is 0.291 e. The molecule has 3 rings (SSSR count). The van der Waals surface area contributed by atoms with Crippen LogP contribution in [0.1, 0.15) is 16.1 Å². The number of anilines is 1. The van der Waals surface area contributed by atoms with E-state index in [4.69, 9.17) is 13.9 Å². The fourth-order valence-corrected chi connectivity index (χ4v) is 2.53. The Bertz CT molecular complexity index is 953. The van der Waals surface area contributed by atoms with Gasteiger partial charge in [-0.15, -0.1) is 0 Å². The third kappa shape index (κ3) is 6.42. The molecule has 2 N–H and O–H groups in total. The van der Waals surface area contributed by atoms with Crippen molar-refractivity contribution in [3.05, 3.63) is 78.3 Å². The average molecular weight is 394 g/mol. The summed E-state index contributed by atoms with van der Waals surface area (Å²) in [4.78, 5) is 23.9. The number of carbonyl (C=O) groups excluding carboxylic acids is 2. The van der Waals surface area contributed by atoms with Crippen molar-refractivity contribution in [3.63, 3.8) is 0 Å². The second-order valence-corrected chi connectivity index (χ2v) is 6.26. The van der Waals surface area contributed by atoms with Crippen LogP contribution in [0.2, 0.25) is 0 Å². The van der Waals surface area contributed by atoms with E-state index in [0.717, 1.165) is 11.3 Å². The molecule has 2 aromatic carbocycles. The van der Waals surface area contributed by atoms with E-state index in [9.17, 15) is 9.59 Å². The molecule has 1 aromatic heterocycles. The lowest BCUT2D eigenvalue weighted by Gasteiger charge is -2.10. The number of benzene rings is 2. The molecule has 0 aliphatic carbocycles. The van der Waals surface area contributed by atoms with Gasteiger partial charge in [-0.05, 0) is 48.9 Å². The summed E-state index contributed by atoms with van der Waals surface area (Å²) >= 11 is 0. The van der Waals surface area contributed by atoms with Crippen LogP contribution in [0, 0.1) is 6.92 Å². The zero-order valence-corrected chi connectivity index (χ0v) is 16.0.